The first kappa shape index (κ1) is 15.4. The number of nitrogens with zero attached hydrogens (tertiary/aromatic N) is 1. The van der Waals surface area contributed by atoms with Crippen molar-refractivity contribution in [2.24, 2.45) is 0 Å². The monoisotopic (exact) mass is 289 g/mol. The molecule has 0 aliphatic carbocycles. The zero-order valence-electron chi connectivity index (χ0n) is 12.4. The van der Waals surface area contributed by atoms with Gasteiger partial charge in [-0.25, -0.2) is 0 Å². The Bertz CT molecular complexity index is 245. The molecular weight excluding hydrogens is 262 g/mol. The lowest BCUT2D eigenvalue weighted by Gasteiger charge is -2.27. The van der Waals surface area contributed by atoms with E-state index >= 15 is 0 Å². The van der Waals surface area contributed by atoms with E-state index in [-0.39, 0.29) is 0 Å². The quantitative estimate of drug-likeness (QED) is 0.423. The topological polar surface area (TPSA) is 46.8 Å². The predicted octanol–water partition coefficient (Wildman–Crippen LogP) is 1.23. The van der Waals surface area contributed by atoms with Gasteiger partial charge in [0.1, 0.15) is 0 Å². The molecule has 0 amide bonds. The molecule has 0 aromatic carbocycles. The van der Waals surface area contributed by atoms with Gasteiger partial charge in [0.15, 0.2) is 0 Å². The van der Waals surface area contributed by atoms with Crippen LogP contribution in [0, 0.1) is 0 Å². The van der Waals surface area contributed by atoms with Gasteiger partial charge in [-0.1, -0.05) is 6.92 Å². The van der Waals surface area contributed by atoms with E-state index in [9.17, 15) is 0 Å². The molecule has 5 nitrogen and oxygen atoms in total. The maximum Gasteiger partial charge on any atom is 0.337 e. The Hall–Kier alpha value is 0.0169. The molecular formula is C13H27NO4Si. The lowest BCUT2D eigenvalue weighted by molar-refractivity contribution is 0.211. The molecule has 2 aliphatic heterocycles. The van der Waals surface area contributed by atoms with Gasteiger partial charge in [-0.05, 0) is 25.1 Å². The zero-order chi connectivity index (χ0) is 13.7. The van der Waals surface area contributed by atoms with Crippen molar-refractivity contribution < 1.29 is 18.3 Å². The van der Waals surface area contributed by atoms with Crippen LogP contribution < -0.4 is 0 Å². The Kier molecular flexibility index (Phi) is 5.80. The molecule has 19 heavy (non-hydrogen) atoms. The Morgan fingerprint density at radius 1 is 1.11 bits per heavy atom. The molecule has 2 aliphatic rings. The highest BCUT2D eigenvalue weighted by Gasteiger charge is 2.34. The lowest BCUT2D eigenvalue weighted by Crippen LogP contribution is -2.40. The second-order valence-electron chi connectivity index (χ2n) is 5.45. The molecule has 2 fully saturated rings. The summed E-state index contributed by atoms with van der Waals surface area (Å²) in [6.07, 6.45) is 2.04. The SMILES string of the molecule is CC[Si](CCCN(CC1CO1)CC1CO1)(OC)OC. The highest BCUT2D eigenvalue weighted by molar-refractivity contribution is 6.67. The number of epoxide rings is 2. The molecule has 112 valence electrons. The van der Waals surface area contributed by atoms with Crippen LogP contribution in [0.4, 0.5) is 0 Å². The molecule has 2 heterocycles. The summed E-state index contributed by atoms with van der Waals surface area (Å²) in [6, 6.07) is 2.07. The van der Waals surface area contributed by atoms with E-state index in [0.717, 1.165) is 51.4 Å². The average molecular weight is 289 g/mol. The van der Waals surface area contributed by atoms with Crippen molar-refractivity contribution in [1.29, 1.82) is 0 Å². The van der Waals surface area contributed by atoms with Gasteiger partial charge >= 0.3 is 8.56 Å². The molecule has 0 N–H and O–H groups in total. The third-order valence-electron chi connectivity index (χ3n) is 4.04. The molecule has 0 aromatic rings. The minimum Gasteiger partial charge on any atom is -0.398 e. The molecule has 0 spiro atoms. The van der Waals surface area contributed by atoms with Crippen molar-refractivity contribution in [3.63, 3.8) is 0 Å². The molecule has 2 rings (SSSR count). The first-order valence-electron chi connectivity index (χ1n) is 7.27. The van der Waals surface area contributed by atoms with E-state index in [1.807, 2.05) is 0 Å². The van der Waals surface area contributed by atoms with Crippen molar-refractivity contribution in [2.75, 3.05) is 47.1 Å². The maximum absolute atomic E-state index is 5.65. The molecule has 0 radical (unpaired) electrons. The summed E-state index contributed by atoms with van der Waals surface area (Å²) in [5.41, 5.74) is 0. The standard InChI is InChI=1S/C13H27NO4Si/c1-4-19(15-2,16-3)7-5-6-14(8-12-10-17-12)9-13-11-18-13/h12-13H,4-11H2,1-3H3. The molecule has 0 bridgehead atoms. The third kappa shape index (κ3) is 5.13. The van der Waals surface area contributed by atoms with Crippen LogP contribution in [0.1, 0.15) is 13.3 Å². The van der Waals surface area contributed by atoms with Gasteiger partial charge in [0.05, 0.1) is 25.4 Å². The van der Waals surface area contributed by atoms with E-state index in [1.54, 1.807) is 14.2 Å². The van der Waals surface area contributed by atoms with Gasteiger partial charge in [0.25, 0.3) is 0 Å². The number of rotatable bonds is 11. The Morgan fingerprint density at radius 3 is 2.00 bits per heavy atom. The Labute approximate surface area is 117 Å². The molecule has 2 unspecified atom stereocenters. The zero-order valence-corrected chi connectivity index (χ0v) is 13.4. The molecule has 2 saturated heterocycles. The highest BCUT2D eigenvalue weighted by Crippen LogP contribution is 2.21. The molecule has 0 aromatic heterocycles. The highest BCUT2D eigenvalue weighted by atomic mass is 28.4. The first-order valence-corrected chi connectivity index (χ1v) is 9.50. The fourth-order valence-electron chi connectivity index (χ4n) is 2.50. The summed E-state index contributed by atoms with van der Waals surface area (Å²) in [5, 5.41) is 0. The normalized spacial score (nSPS) is 25.9. The first-order chi connectivity index (χ1) is 9.21. The van der Waals surface area contributed by atoms with Gasteiger partial charge in [-0.3, -0.25) is 4.90 Å². The van der Waals surface area contributed by atoms with Gasteiger partial charge < -0.3 is 18.3 Å². The van der Waals surface area contributed by atoms with Crippen LogP contribution in [0.5, 0.6) is 0 Å². The lowest BCUT2D eigenvalue weighted by atomic mass is 10.3. The molecule has 2 atom stereocenters. The Morgan fingerprint density at radius 2 is 1.63 bits per heavy atom. The van der Waals surface area contributed by atoms with E-state index in [0.29, 0.717) is 12.2 Å². The van der Waals surface area contributed by atoms with Crippen molar-refractivity contribution in [1.82, 2.24) is 4.90 Å². The summed E-state index contributed by atoms with van der Waals surface area (Å²) in [4.78, 5) is 2.47. The number of hydrogen-bond donors (Lipinski definition) is 0. The van der Waals surface area contributed by atoms with Crippen LogP contribution in [0.2, 0.25) is 12.1 Å². The van der Waals surface area contributed by atoms with Gasteiger partial charge in [-0.15, -0.1) is 0 Å². The van der Waals surface area contributed by atoms with E-state index in [2.05, 4.69) is 11.8 Å². The van der Waals surface area contributed by atoms with Crippen LogP contribution in [0.25, 0.3) is 0 Å². The van der Waals surface area contributed by atoms with Crippen LogP contribution in [-0.4, -0.2) is 72.7 Å². The number of ether oxygens (including phenoxy) is 2. The predicted molar refractivity (Wildman–Crippen MR) is 75.6 cm³/mol. The maximum atomic E-state index is 5.65. The van der Waals surface area contributed by atoms with Crippen LogP contribution >= 0.6 is 0 Å². The molecule has 0 saturated carbocycles. The fraction of sp³-hybridized carbons (Fsp3) is 1.00. The Balaban J connectivity index is 1.70. The largest absolute Gasteiger partial charge is 0.398 e. The fourth-order valence-corrected chi connectivity index (χ4v) is 4.71. The summed E-state index contributed by atoms with van der Waals surface area (Å²) < 4.78 is 22.0. The van der Waals surface area contributed by atoms with Crippen LogP contribution in [-0.2, 0) is 18.3 Å². The summed E-state index contributed by atoms with van der Waals surface area (Å²) >= 11 is 0. The second-order valence-corrected chi connectivity index (χ2v) is 9.29. The average Bonchev–Trinajstić information content (AvgIpc) is 3.31. The van der Waals surface area contributed by atoms with Crippen LogP contribution in [0.3, 0.4) is 0 Å². The third-order valence-corrected chi connectivity index (χ3v) is 7.72. The smallest absolute Gasteiger partial charge is 0.337 e. The summed E-state index contributed by atoms with van der Waals surface area (Å²) in [7, 11) is 1.65. The minimum absolute atomic E-state index is 0.455. The van der Waals surface area contributed by atoms with Crippen molar-refractivity contribution >= 4 is 8.56 Å². The van der Waals surface area contributed by atoms with Crippen molar-refractivity contribution in [2.45, 2.75) is 37.6 Å². The van der Waals surface area contributed by atoms with E-state index in [1.165, 1.54) is 0 Å². The van der Waals surface area contributed by atoms with E-state index < -0.39 is 8.56 Å². The molecule has 6 heteroatoms. The van der Waals surface area contributed by atoms with Crippen molar-refractivity contribution in [3.05, 3.63) is 0 Å². The summed E-state index contributed by atoms with van der Waals surface area (Å²) in [5.74, 6) is 0. The van der Waals surface area contributed by atoms with Gasteiger partial charge in [0, 0.05) is 27.3 Å². The minimum atomic E-state index is -1.92. The summed E-state index contributed by atoms with van der Waals surface area (Å²) in [6.45, 7) is 7.17. The van der Waals surface area contributed by atoms with Gasteiger partial charge in [-0.2, -0.15) is 0 Å². The number of hydrogen-bond acceptors (Lipinski definition) is 5. The van der Waals surface area contributed by atoms with E-state index in [4.69, 9.17) is 18.3 Å². The van der Waals surface area contributed by atoms with Gasteiger partial charge in [0.2, 0.25) is 0 Å². The van der Waals surface area contributed by atoms with Crippen molar-refractivity contribution in [3.8, 4) is 0 Å². The second kappa shape index (κ2) is 7.15. The van der Waals surface area contributed by atoms with Crippen LogP contribution in [0.15, 0.2) is 0 Å².